The summed E-state index contributed by atoms with van der Waals surface area (Å²) < 4.78 is 0. The van der Waals surface area contributed by atoms with Crippen LogP contribution >= 0.6 is 0 Å². The van der Waals surface area contributed by atoms with Gasteiger partial charge in [0.15, 0.2) is 0 Å². The highest BCUT2D eigenvalue weighted by molar-refractivity contribution is 5.21. The van der Waals surface area contributed by atoms with Crippen molar-refractivity contribution in [1.29, 1.82) is 0 Å². The summed E-state index contributed by atoms with van der Waals surface area (Å²) in [4.78, 5) is 17.6. The van der Waals surface area contributed by atoms with Gasteiger partial charge in [-0.15, -0.1) is 0 Å². The van der Waals surface area contributed by atoms with Crippen LogP contribution in [0.25, 0.3) is 0 Å². The van der Waals surface area contributed by atoms with Crippen LogP contribution in [0.15, 0.2) is 35.3 Å². The molecular weight excluding hydrogens is 248 g/mol. The molecule has 0 amide bonds. The Morgan fingerprint density at radius 3 is 2.35 bits per heavy atom. The molecule has 0 saturated heterocycles. The molecule has 2 aromatic rings. The van der Waals surface area contributed by atoms with Crippen LogP contribution in [0.5, 0.6) is 0 Å². The van der Waals surface area contributed by atoms with Crippen molar-refractivity contribution in [3.05, 3.63) is 63.3 Å². The Kier molecular flexibility index (Phi) is 6.16. The van der Waals surface area contributed by atoms with Crippen molar-refractivity contribution in [2.24, 2.45) is 0 Å². The molecule has 0 fully saturated rings. The van der Waals surface area contributed by atoms with Crippen LogP contribution in [0.2, 0.25) is 0 Å². The fraction of sp³-hybridized carbons (Fsp3) is 0.412. The Morgan fingerprint density at radius 2 is 1.90 bits per heavy atom. The average Bonchev–Trinajstić information content (AvgIpc) is 2.40. The maximum absolute atomic E-state index is 10.7. The molecule has 3 nitrogen and oxygen atoms in total. The molecule has 0 spiro atoms. The lowest BCUT2D eigenvalue weighted by Gasteiger charge is -2.06. The quantitative estimate of drug-likeness (QED) is 0.904. The molecule has 0 bridgehead atoms. The predicted octanol–water partition coefficient (Wildman–Crippen LogP) is 3.76. The van der Waals surface area contributed by atoms with Crippen molar-refractivity contribution in [2.75, 3.05) is 0 Å². The predicted molar refractivity (Wildman–Crippen MR) is 84.2 cm³/mol. The maximum Gasteiger partial charge on any atom is 0.248 e. The van der Waals surface area contributed by atoms with Gasteiger partial charge in [0.1, 0.15) is 0 Å². The minimum absolute atomic E-state index is 0.0188. The highest BCUT2D eigenvalue weighted by atomic mass is 16.1. The summed E-state index contributed by atoms with van der Waals surface area (Å²) in [5.74, 6) is 0.591. The number of aryl methyl sites for hydroxylation is 3. The van der Waals surface area contributed by atoms with Crippen LogP contribution in [-0.4, -0.2) is 9.97 Å². The molecule has 0 aliphatic heterocycles. The number of nitrogens with zero attached hydrogens (tertiary/aromatic N) is 1. The summed E-state index contributed by atoms with van der Waals surface area (Å²) in [6.07, 6.45) is 2.81. The highest BCUT2D eigenvalue weighted by Gasteiger charge is 2.00. The number of nitrogens with one attached hydrogen (secondary N) is 1. The molecule has 0 aliphatic rings. The summed E-state index contributed by atoms with van der Waals surface area (Å²) in [6, 6.07) is 7.55. The lowest BCUT2D eigenvalue weighted by Crippen LogP contribution is -2.06. The topological polar surface area (TPSA) is 45.8 Å². The number of hydrogen-bond acceptors (Lipinski definition) is 2. The van der Waals surface area contributed by atoms with Crippen LogP contribution in [-0.2, 0) is 6.42 Å². The summed E-state index contributed by atoms with van der Waals surface area (Å²) in [5.41, 5.74) is 4.67. The van der Waals surface area contributed by atoms with Crippen molar-refractivity contribution >= 4 is 0 Å². The summed E-state index contributed by atoms with van der Waals surface area (Å²) in [7, 11) is 0. The number of hydrogen-bond donors (Lipinski definition) is 1. The number of rotatable bonds is 2. The second-order valence-electron chi connectivity index (χ2n) is 5.16. The summed E-state index contributed by atoms with van der Waals surface area (Å²) in [6.45, 7) is 10.4. The highest BCUT2D eigenvalue weighted by Crippen LogP contribution is 2.15. The van der Waals surface area contributed by atoms with E-state index in [-0.39, 0.29) is 5.56 Å². The summed E-state index contributed by atoms with van der Waals surface area (Å²) >= 11 is 0. The van der Waals surface area contributed by atoms with E-state index in [0.29, 0.717) is 5.92 Å². The van der Waals surface area contributed by atoms with E-state index >= 15 is 0 Å². The molecule has 2 rings (SSSR count). The molecule has 0 unspecified atom stereocenters. The van der Waals surface area contributed by atoms with Gasteiger partial charge in [0.25, 0.3) is 0 Å². The maximum atomic E-state index is 10.7. The third-order valence-corrected chi connectivity index (χ3v) is 3.28. The van der Waals surface area contributed by atoms with Gasteiger partial charge in [-0.3, -0.25) is 9.78 Å². The molecule has 20 heavy (non-hydrogen) atoms. The minimum atomic E-state index is -0.0188. The normalized spacial score (nSPS) is 10.1. The van der Waals surface area contributed by atoms with Gasteiger partial charge in [-0.25, -0.2) is 0 Å². The zero-order valence-electron chi connectivity index (χ0n) is 13.0. The number of H-pyrrole nitrogens is 1. The standard InChI is InChI=1S/C9H13N.C8H11NO/c1-7(2)9-5-4-6-10-8(9)3;1-3-7-4-5-8(10)9-6(7)2/h4-7H,1-3H3;4-5H,3H2,1-2H3,(H,9,10). The Balaban J connectivity index is 0.000000200. The van der Waals surface area contributed by atoms with E-state index in [9.17, 15) is 4.79 Å². The van der Waals surface area contributed by atoms with Crippen molar-refractivity contribution in [3.63, 3.8) is 0 Å². The van der Waals surface area contributed by atoms with Gasteiger partial charge < -0.3 is 4.98 Å². The third kappa shape index (κ3) is 4.65. The van der Waals surface area contributed by atoms with Crippen molar-refractivity contribution in [3.8, 4) is 0 Å². The van der Waals surface area contributed by atoms with Gasteiger partial charge in [0, 0.05) is 23.7 Å². The van der Waals surface area contributed by atoms with E-state index in [0.717, 1.165) is 17.8 Å². The van der Waals surface area contributed by atoms with Crippen molar-refractivity contribution < 1.29 is 0 Å². The SMILES string of the molecule is CCc1ccc(=O)[nH]c1C.Cc1ncccc1C(C)C. The first kappa shape index (κ1) is 16.2. The average molecular weight is 272 g/mol. The molecule has 0 aliphatic carbocycles. The van der Waals surface area contributed by atoms with Gasteiger partial charge in [-0.05, 0) is 43.4 Å². The van der Waals surface area contributed by atoms with E-state index in [1.165, 1.54) is 11.1 Å². The van der Waals surface area contributed by atoms with Crippen molar-refractivity contribution in [2.45, 2.75) is 47.0 Å². The molecule has 3 heteroatoms. The fourth-order valence-electron chi connectivity index (χ4n) is 2.10. The van der Waals surface area contributed by atoms with E-state index in [1.54, 1.807) is 6.07 Å². The number of pyridine rings is 2. The zero-order chi connectivity index (χ0) is 15.1. The Hall–Kier alpha value is -1.90. The molecule has 0 aromatic carbocycles. The van der Waals surface area contributed by atoms with Gasteiger partial charge in [-0.1, -0.05) is 32.9 Å². The Labute approximate surface area is 121 Å². The number of aromatic nitrogens is 2. The van der Waals surface area contributed by atoms with E-state index in [2.05, 4.69) is 43.7 Å². The first-order valence-corrected chi connectivity index (χ1v) is 7.06. The van der Waals surface area contributed by atoms with Crippen LogP contribution < -0.4 is 5.56 Å². The molecule has 2 heterocycles. The largest absolute Gasteiger partial charge is 0.326 e. The second-order valence-corrected chi connectivity index (χ2v) is 5.16. The molecular formula is C17H24N2O. The van der Waals surface area contributed by atoms with Gasteiger partial charge in [0.2, 0.25) is 5.56 Å². The van der Waals surface area contributed by atoms with Gasteiger partial charge >= 0.3 is 0 Å². The van der Waals surface area contributed by atoms with E-state index in [4.69, 9.17) is 0 Å². The fourth-order valence-corrected chi connectivity index (χ4v) is 2.10. The molecule has 0 saturated carbocycles. The lowest BCUT2D eigenvalue weighted by atomic mass is 10.0. The molecule has 0 atom stereocenters. The van der Waals surface area contributed by atoms with E-state index < -0.39 is 0 Å². The van der Waals surface area contributed by atoms with Gasteiger partial charge in [-0.2, -0.15) is 0 Å². The lowest BCUT2D eigenvalue weighted by molar-refractivity contribution is 0.843. The monoisotopic (exact) mass is 272 g/mol. The molecule has 0 radical (unpaired) electrons. The molecule has 1 N–H and O–H groups in total. The molecule has 108 valence electrons. The Morgan fingerprint density at radius 1 is 1.20 bits per heavy atom. The van der Waals surface area contributed by atoms with E-state index in [1.807, 2.05) is 25.3 Å². The van der Waals surface area contributed by atoms with Crippen LogP contribution in [0, 0.1) is 13.8 Å². The van der Waals surface area contributed by atoms with Crippen molar-refractivity contribution in [1.82, 2.24) is 9.97 Å². The minimum Gasteiger partial charge on any atom is -0.326 e. The first-order chi connectivity index (χ1) is 9.45. The van der Waals surface area contributed by atoms with Crippen LogP contribution in [0.1, 0.15) is 49.2 Å². The number of aromatic amines is 1. The van der Waals surface area contributed by atoms with Gasteiger partial charge in [0.05, 0.1) is 0 Å². The third-order valence-electron chi connectivity index (χ3n) is 3.28. The smallest absolute Gasteiger partial charge is 0.248 e. The summed E-state index contributed by atoms with van der Waals surface area (Å²) in [5, 5.41) is 0. The molecule has 2 aromatic heterocycles. The first-order valence-electron chi connectivity index (χ1n) is 7.06. The van der Waals surface area contributed by atoms with Crippen LogP contribution in [0.3, 0.4) is 0 Å². The van der Waals surface area contributed by atoms with Crippen LogP contribution in [0.4, 0.5) is 0 Å². The Bertz CT molecular complexity index is 600. The zero-order valence-corrected chi connectivity index (χ0v) is 13.0. The second kappa shape index (κ2) is 7.63.